The van der Waals surface area contributed by atoms with E-state index in [1.807, 2.05) is 23.1 Å². The molecule has 1 heterocycles. The van der Waals surface area contributed by atoms with Crippen LogP contribution in [-0.4, -0.2) is 41.1 Å². The number of aliphatic hydroxyl groups is 1. The second-order valence-electron chi connectivity index (χ2n) is 6.68. The van der Waals surface area contributed by atoms with Crippen LogP contribution in [0.5, 0.6) is 0 Å². The van der Waals surface area contributed by atoms with Gasteiger partial charge < -0.3 is 15.3 Å². The molecule has 22 heavy (non-hydrogen) atoms. The van der Waals surface area contributed by atoms with Gasteiger partial charge in [-0.3, -0.25) is 4.79 Å². The van der Waals surface area contributed by atoms with E-state index in [9.17, 15) is 9.90 Å². The fourth-order valence-corrected chi connectivity index (χ4v) is 3.75. The van der Waals surface area contributed by atoms with Crippen LogP contribution in [-0.2, 0) is 4.79 Å². The third-order valence-corrected chi connectivity index (χ3v) is 5.01. The molecule has 1 aromatic carbocycles. The van der Waals surface area contributed by atoms with Gasteiger partial charge in [0, 0.05) is 19.6 Å². The smallest absolute Gasteiger partial charge is 0.226 e. The number of nitrogens with one attached hydrogen (secondary N) is 1. The zero-order valence-electron chi connectivity index (χ0n) is 13.1. The summed E-state index contributed by atoms with van der Waals surface area (Å²) in [6.07, 6.45) is 5.05. The number of nitrogens with zero attached hydrogens (tertiary/aromatic N) is 1. The Kier molecular flexibility index (Phi) is 4.79. The van der Waals surface area contributed by atoms with Gasteiger partial charge in [0.05, 0.1) is 18.1 Å². The predicted octanol–water partition coefficient (Wildman–Crippen LogP) is 2.24. The van der Waals surface area contributed by atoms with Gasteiger partial charge in [0.2, 0.25) is 5.91 Å². The van der Waals surface area contributed by atoms with Crippen LogP contribution in [0.15, 0.2) is 30.3 Å². The number of carbonyl (C=O) groups is 1. The Morgan fingerprint density at radius 3 is 2.68 bits per heavy atom. The van der Waals surface area contributed by atoms with Gasteiger partial charge >= 0.3 is 0 Å². The molecule has 120 valence electrons. The van der Waals surface area contributed by atoms with E-state index in [1.165, 1.54) is 12.0 Å². The Hall–Kier alpha value is -1.39. The molecule has 0 unspecified atom stereocenters. The number of rotatable bonds is 3. The lowest BCUT2D eigenvalue weighted by molar-refractivity contribution is -0.141. The van der Waals surface area contributed by atoms with Crippen molar-refractivity contribution in [2.24, 2.45) is 0 Å². The van der Waals surface area contributed by atoms with Crippen LogP contribution in [0.1, 0.15) is 50.1 Å². The molecule has 0 bridgehead atoms. The van der Waals surface area contributed by atoms with Crippen molar-refractivity contribution in [1.82, 2.24) is 10.2 Å². The highest BCUT2D eigenvalue weighted by Gasteiger charge is 2.36. The van der Waals surface area contributed by atoms with E-state index in [-0.39, 0.29) is 18.4 Å². The van der Waals surface area contributed by atoms with Crippen molar-refractivity contribution in [3.8, 4) is 0 Å². The Balaban J connectivity index is 1.71. The van der Waals surface area contributed by atoms with Crippen LogP contribution in [0.4, 0.5) is 0 Å². The summed E-state index contributed by atoms with van der Waals surface area (Å²) in [5, 5.41) is 14.0. The van der Waals surface area contributed by atoms with Gasteiger partial charge in [-0.05, 0) is 18.4 Å². The lowest BCUT2D eigenvalue weighted by Crippen LogP contribution is -2.50. The molecule has 0 radical (unpaired) electrons. The molecule has 2 aliphatic rings. The first-order valence-corrected chi connectivity index (χ1v) is 8.45. The predicted molar refractivity (Wildman–Crippen MR) is 86.4 cm³/mol. The summed E-state index contributed by atoms with van der Waals surface area (Å²) in [7, 11) is 0. The van der Waals surface area contributed by atoms with Crippen LogP contribution < -0.4 is 5.32 Å². The standard InChI is InChI=1S/C18H26N2O2/c21-17(13-18(22)9-5-2-6-10-18)20-12-11-19-14-16(20)15-7-3-1-4-8-15/h1,3-4,7-8,16,19,22H,2,5-6,9-14H2/t16-/m1/s1. The quantitative estimate of drug-likeness (QED) is 0.900. The summed E-state index contributed by atoms with van der Waals surface area (Å²) in [5.74, 6) is 0.0970. The molecule has 0 spiro atoms. The average Bonchev–Trinajstić information content (AvgIpc) is 2.56. The summed E-state index contributed by atoms with van der Waals surface area (Å²) in [6.45, 7) is 2.33. The molecule has 2 fully saturated rings. The minimum absolute atomic E-state index is 0.0784. The molecule has 1 saturated heterocycles. The van der Waals surface area contributed by atoms with E-state index in [2.05, 4.69) is 17.4 Å². The summed E-state index contributed by atoms with van der Waals surface area (Å²) in [5.41, 5.74) is 0.389. The molecule has 1 amide bonds. The van der Waals surface area contributed by atoms with Gasteiger partial charge in [-0.1, -0.05) is 49.6 Å². The van der Waals surface area contributed by atoms with Crippen LogP contribution in [0.25, 0.3) is 0 Å². The lowest BCUT2D eigenvalue weighted by atomic mass is 9.82. The number of benzene rings is 1. The van der Waals surface area contributed by atoms with E-state index in [0.29, 0.717) is 6.54 Å². The summed E-state index contributed by atoms with van der Waals surface area (Å²) >= 11 is 0. The van der Waals surface area contributed by atoms with Gasteiger partial charge in [0.25, 0.3) is 0 Å². The maximum Gasteiger partial charge on any atom is 0.226 e. The molecule has 3 rings (SSSR count). The normalized spacial score (nSPS) is 25.0. The Morgan fingerprint density at radius 1 is 1.23 bits per heavy atom. The first-order chi connectivity index (χ1) is 10.7. The van der Waals surface area contributed by atoms with Crippen molar-refractivity contribution in [3.05, 3.63) is 35.9 Å². The monoisotopic (exact) mass is 302 g/mol. The second-order valence-corrected chi connectivity index (χ2v) is 6.68. The van der Waals surface area contributed by atoms with Crippen LogP contribution in [0.3, 0.4) is 0 Å². The molecule has 1 aliphatic carbocycles. The van der Waals surface area contributed by atoms with E-state index < -0.39 is 5.60 Å². The van der Waals surface area contributed by atoms with Crippen LogP contribution in [0.2, 0.25) is 0 Å². The van der Waals surface area contributed by atoms with Crippen LogP contribution >= 0.6 is 0 Å². The number of carbonyl (C=O) groups excluding carboxylic acids is 1. The minimum atomic E-state index is -0.776. The van der Waals surface area contributed by atoms with Gasteiger partial charge in [-0.2, -0.15) is 0 Å². The number of hydrogen-bond acceptors (Lipinski definition) is 3. The molecular formula is C18H26N2O2. The molecule has 1 aromatic rings. The zero-order chi connectivity index (χ0) is 15.4. The Morgan fingerprint density at radius 2 is 1.95 bits per heavy atom. The summed E-state index contributed by atoms with van der Waals surface area (Å²) < 4.78 is 0. The summed E-state index contributed by atoms with van der Waals surface area (Å²) in [6, 6.07) is 10.3. The Bertz CT molecular complexity index is 497. The SMILES string of the molecule is O=C(CC1(O)CCCCC1)N1CCNC[C@@H]1c1ccccc1. The van der Waals surface area contributed by atoms with Gasteiger partial charge in [0.1, 0.15) is 0 Å². The van der Waals surface area contributed by atoms with E-state index in [0.717, 1.165) is 38.8 Å². The van der Waals surface area contributed by atoms with Crippen LogP contribution in [0, 0.1) is 0 Å². The third-order valence-electron chi connectivity index (χ3n) is 5.01. The fourth-order valence-electron chi connectivity index (χ4n) is 3.75. The van der Waals surface area contributed by atoms with Crippen molar-refractivity contribution in [2.75, 3.05) is 19.6 Å². The molecule has 2 N–H and O–H groups in total. The van der Waals surface area contributed by atoms with Crippen molar-refractivity contribution < 1.29 is 9.90 Å². The zero-order valence-corrected chi connectivity index (χ0v) is 13.1. The van der Waals surface area contributed by atoms with Gasteiger partial charge in [-0.15, -0.1) is 0 Å². The van der Waals surface area contributed by atoms with E-state index in [1.54, 1.807) is 0 Å². The fraction of sp³-hybridized carbons (Fsp3) is 0.611. The highest BCUT2D eigenvalue weighted by molar-refractivity contribution is 5.78. The molecular weight excluding hydrogens is 276 g/mol. The molecule has 1 aliphatic heterocycles. The topological polar surface area (TPSA) is 52.6 Å². The molecule has 1 saturated carbocycles. The van der Waals surface area contributed by atoms with Crippen molar-refractivity contribution in [1.29, 1.82) is 0 Å². The number of amides is 1. The van der Waals surface area contributed by atoms with Crippen molar-refractivity contribution in [2.45, 2.75) is 50.2 Å². The molecule has 4 nitrogen and oxygen atoms in total. The second kappa shape index (κ2) is 6.80. The molecule has 1 atom stereocenters. The maximum atomic E-state index is 12.8. The average molecular weight is 302 g/mol. The lowest BCUT2D eigenvalue weighted by Gasteiger charge is -2.39. The largest absolute Gasteiger partial charge is 0.389 e. The highest BCUT2D eigenvalue weighted by Crippen LogP contribution is 2.33. The van der Waals surface area contributed by atoms with Gasteiger partial charge in [0.15, 0.2) is 0 Å². The first-order valence-electron chi connectivity index (χ1n) is 8.45. The third kappa shape index (κ3) is 3.50. The molecule has 0 aromatic heterocycles. The minimum Gasteiger partial charge on any atom is -0.389 e. The number of piperazine rings is 1. The maximum absolute atomic E-state index is 12.8. The first kappa shape index (κ1) is 15.5. The summed E-state index contributed by atoms with van der Waals surface area (Å²) in [4.78, 5) is 14.8. The van der Waals surface area contributed by atoms with Crippen molar-refractivity contribution >= 4 is 5.91 Å². The van der Waals surface area contributed by atoms with Crippen molar-refractivity contribution in [3.63, 3.8) is 0 Å². The van der Waals surface area contributed by atoms with E-state index in [4.69, 9.17) is 0 Å². The van der Waals surface area contributed by atoms with Gasteiger partial charge in [-0.25, -0.2) is 0 Å². The highest BCUT2D eigenvalue weighted by atomic mass is 16.3. The Labute approximate surface area is 132 Å². The number of hydrogen-bond donors (Lipinski definition) is 2. The van der Waals surface area contributed by atoms with E-state index >= 15 is 0 Å². The molecule has 4 heteroatoms.